The van der Waals surface area contributed by atoms with Gasteiger partial charge in [0.05, 0.1) is 11.2 Å². The number of nitriles is 1. The average molecular weight is 261 g/mol. The van der Waals surface area contributed by atoms with Gasteiger partial charge in [0.1, 0.15) is 11.8 Å². The van der Waals surface area contributed by atoms with Crippen molar-refractivity contribution in [2.45, 2.75) is 37.7 Å². The first-order valence-electron chi connectivity index (χ1n) is 6.61. The largest absolute Gasteiger partial charge is 0.388 e. The summed E-state index contributed by atoms with van der Waals surface area (Å²) in [6.07, 6.45) is 6.27. The Bertz CT molecular complexity index is 507. The molecule has 0 unspecified atom stereocenters. The van der Waals surface area contributed by atoms with Crippen LogP contribution in [-0.2, 0) is 7.05 Å². The van der Waals surface area contributed by atoms with Crippen molar-refractivity contribution in [2.24, 2.45) is 7.05 Å². The third-order valence-corrected chi connectivity index (χ3v) is 3.73. The Morgan fingerprint density at radius 3 is 2.79 bits per heavy atom. The van der Waals surface area contributed by atoms with E-state index in [-0.39, 0.29) is 12.5 Å². The van der Waals surface area contributed by atoms with Crippen LogP contribution in [0.15, 0.2) is 12.3 Å². The highest BCUT2D eigenvalue weighted by atomic mass is 16.3. The predicted molar refractivity (Wildman–Crippen MR) is 70.5 cm³/mol. The van der Waals surface area contributed by atoms with Crippen LogP contribution in [0.2, 0.25) is 0 Å². The second-order valence-electron chi connectivity index (χ2n) is 5.30. The summed E-state index contributed by atoms with van der Waals surface area (Å²) in [5, 5.41) is 21.9. The summed E-state index contributed by atoms with van der Waals surface area (Å²) in [7, 11) is 1.73. The van der Waals surface area contributed by atoms with Gasteiger partial charge in [-0.15, -0.1) is 0 Å². The number of aryl methyl sites for hydroxylation is 1. The lowest BCUT2D eigenvalue weighted by molar-refractivity contribution is 0.00518. The number of hydrogen-bond acceptors (Lipinski definition) is 3. The minimum atomic E-state index is -0.767. The highest BCUT2D eigenvalue weighted by molar-refractivity contribution is 5.93. The van der Waals surface area contributed by atoms with E-state index in [0.29, 0.717) is 11.3 Å². The Balaban J connectivity index is 1.97. The molecule has 1 fully saturated rings. The van der Waals surface area contributed by atoms with E-state index in [1.807, 2.05) is 6.07 Å². The first kappa shape index (κ1) is 13.6. The van der Waals surface area contributed by atoms with Gasteiger partial charge in [-0.25, -0.2) is 0 Å². The Morgan fingerprint density at radius 1 is 1.53 bits per heavy atom. The molecule has 0 spiro atoms. The van der Waals surface area contributed by atoms with Crippen LogP contribution in [0.5, 0.6) is 0 Å². The van der Waals surface area contributed by atoms with Gasteiger partial charge in [0.25, 0.3) is 5.91 Å². The summed E-state index contributed by atoms with van der Waals surface area (Å²) in [5.74, 6) is -0.247. The Morgan fingerprint density at radius 2 is 2.21 bits per heavy atom. The van der Waals surface area contributed by atoms with E-state index in [9.17, 15) is 9.90 Å². The van der Waals surface area contributed by atoms with Gasteiger partial charge < -0.3 is 15.0 Å². The summed E-state index contributed by atoms with van der Waals surface area (Å²) in [5.41, 5.74) is 0.136. The molecule has 1 aromatic heterocycles. The van der Waals surface area contributed by atoms with Crippen molar-refractivity contribution in [3.8, 4) is 6.07 Å². The molecule has 0 atom stereocenters. The zero-order chi connectivity index (χ0) is 13.9. The third kappa shape index (κ3) is 3.15. The molecular weight excluding hydrogens is 242 g/mol. The van der Waals surface area contributed by atoms with Crippen molar-refractivity contribution in [2.75, 3.05) is 6.54 Å². The molecule has 0 saturated heterocycles. The summed E-state index contributed by atoms with van der Waals surface area (Å²) >= 11 is 0. The highest BCUT2D eigenvalue weighted by Gasteiger charge is 2.29. The molecule has 1 saturated carbocycles. The topological polar surface area (TPSA) is 78.0 Å². The quantitative estimate of drug-likeness (QED) is 0.861. The molecule has 0 aromatic carbocycles. The normalized spacial score (nSPS) is 17.7. The maximum Gasteiger partial charge on any atom is 0.268 e. The lowest BCUT2D eigenvalue weighted by Crippen LogP contribution is -2.44. The van der Waals surface area contributed by atoms with Crippen molar-refractivity contribution in [3.05, 3.63) is 23.5 Å². The second kappa shape index (κ2) is 5.45. The molecule has 1 aromatic rings. The Kier molecular flexibility index (Phi) is 3.91. The number of rotatable bonds is 3. The van der Waals surface area contributed by atoms with Crippen molar-refractivity contribution in [3.63, 3.8) is 0 Å². The van der Waals surface area contributed by atoms with Gasteiger partial charge in [-0.3, -0.25) is 4.79 Å². The van der Waals surface area contributed by atoms with Crippen LogP contribution in [0.4, 0.5) is 0 Å². The SMILES string of the molecule is Cn1cc(C#N)cc1C(=O)NCC1(O)CCCCC1. The lowest BCUT2D eigenvalue weighted by atomic mass is 9.85. The lowest BCUT2D eigenvalue weighted by Gasteiger charge is -2.32. The van der Waals surface area contributed by atoms with Crippen molar-refractivity contribution in [1.82, 2.24) is 9.88 Å². The van der Waals surface area contributed by atoms with Gasteiger partial charge in [-0.2, -0.15) is 5.26 Å². The van der Waals surface area contributed by atoms with Gasteiger partial charge in [-0.05, 0) is 18.9 Å². The van der Waals surface area contributed by atoms with Crippen LogP contribution in [-0.4, -0.2) is 27.7 Å². The molecule has 5 heteroatoms. The first-order chi connectivity index (χ1) is 9.04. The molecule has 102 valence electrons. The van der Waals surface area contributed by atoms with Crippen LogP contribution in [0.25, 0.3) is 0 Å². The second-order valence-corrected chi connectivity index (χ2v) is 5.30. The van der Waals surface area contributed by atoms with E-state index >= 15 is 0 Å². The molecular formula is C14H19N3O2. The van der Waals surface area contributed by atoms with Crippen LogP contribution in [0.1, 0.15) is 48.2 Å². The third-order valence-electron chi connectivity index (χ3n) is 3.73. The van der Waals surface area contributed by atoms with Crippen molar-refractivity contribution < 1.29 is 9.90 Å². The highest BCUT2D eigenvalue weighted by Crippen LogP contribution is 2.27. The molecule has 1 amide bonds. The van der Waals surface area contributed by atoms with E-state index in [1.165, 1.54) is 0 Å². The molecule has 2 N–H and O–H groups in total. The van der Waals surface area contributed by atoms with E-state index in [4.69, 9.17) is 5.26 Å². The van der Waals surface area contributed by atoms with E-state index < -0.39 is 5.60 Å². The van der Waals surface area contributed by atoms with E-state index in [2.05, 4.69) is 5.32 Å². The zero-order valence-electron chi connectivity index (χ0n) is 11.1. The zero-order valence-corrected chi connectivity index (χ0v) is 11.1. The summed E-state index contributed by atoms with van der Waals surface area (Å²) in [6, 6.07) is 3.56. The molecule has 1 aliphatic carbocycles. The molecule has 1 aliphatic rings. The van der Waals surface area contributed by atoms with Gasteiger partial charge in [0.15, 0.2) is 0 Å². The summed E-state index contributed by atoms with van der Waals surface area (Å²) < 4.78 is 1.62. The van der Waals surface area contributed by atoms with Crippen LogP contribution in [0, 0.1) is 11.3 Å². The van der Waals surface area contributed by atoms with Gasteiger partial charge in [-0.1, -0.05) is 19.3 Å². The van der Waals surface area contributed by atoms with Crippen LogP contribution >= 0.6 is 0 Å². The number of nitrogens with zero attached hydrogens (tertiary/aromatic N) is 2. The minimum absolute atomic E-state index is 0.247. The molecule has 0 bridgehead atoms. The number of hydrogen-bond donors (Lipinski definition) is 2. The minimum Gasteiger partial charge on any atom is -0.388 e. The maximum atomic E-state index is 12.0. The molecule has 2 rings (SSSR count). The fourth-order valence-corrected chi connectivity index (χ4v) is 2.57. The van der Waals surface area contributed by atoms with Gasteiger partial charge in [0.2, 0.25) is 0 Å². The number of carbonyl (C=O) groups is 1. The smallest absolute Gasteiger partial charge is 0.268 e. The Labute approximate surface area is 112 Å². The molecule has 0 radical (unpaired) electrons. The monoisotopic (exact) mass is 261 g/mol. The van der Waals surface area contributed by atoms with Gasteiger partial charge in [0, 0.05) is 19.8 Å². The van der Waals surface area contributed by atoms with E-state index in [0.717, 1.165) is 32.1 Å². The maximum absolute atomic E-state index is 12.0. The van der Waals surface area contributed by atoms with Crippen molar-refractivity contribution in [1.29, 1.82) is 5.26 Å². The van der Waals surface area contributed by atoms with Crippen LogP contribution in [0.3, 0.4) is 0 Å². The fraction of sp³-hybridized carbons (Fsp3) is 0.571. The number of amides is 1. The summed E-state index contributed by atoms with van der Waals surface area (Å²) in [4.78, 5) is 12.0. The Hall–Kier alpha value is -1.80. The summed E-state index contributed by atoms with van der Waals surface area (Å²) in [6.45, 7) is 0.277. The average Bonchev–Trinajstić information content (AvgIpc) is 2.78. The number of aliphatic hydroxyl groups is 1. The molecule has 0 aliphatic heterocycles. The predicted octanol–water partition coefficient (Wildman–Crippen LogP) is 1.32. The number of nitrogens with one attached hydrogen (secondary N) is 1. The van der Waals surface area contributed by atoms with Crippen LogP contribution < -0.4 is 5.32 Å². The fourth-order valence-electron chi connectivity index (χ4n) is 2.57. The number of aromatic nitrogens is 1. The molecule has 5 nitrogen and oxygen atoms in total. The standard InChI is InChI=1S/C14H19N3O2/c1-17-9-11(8-15)7-12(17)13(18)16-10-14(19)5-3-2-4-6-14/h7,9,19H,2-6,10H2,1H3,(H,16,18). The van der Waals surface area contributed by atoms with Gasteiger partial charge >= 0.3 is 0 Å². The first-order valence-corrected chi connectivity index (χ1v) is 6.61. The molecule has 19 heavy (non-hydrogen) atoms. The number of carbonyl (C=O) groups excluding carboxylic acids is 1. The molecule has 1 heterocycles. The van der Waals surface area contributed by atoms with E-state index in [1.54, 1.807) is 23.9 Å². The van der Waals surface area contributed by atoms with Crippen molar-refractivity contribution >= 4 is 5.91 Å².